The van der Waals surface area contributed by atoms with Crippen LogP contribution in [0.15, 0.2) is 18.2 Å². The number of nitrogens with zero attached hydrogens (tertiary/aromatic N) is 1. The number of methoxy groups -OCH3 is 1. The first-order valence-electron chi connectivity index (χ1n) is 8.89. The van der Waals surface area contributed by atoms with E-state index in [0.29, 0.717) is 0 Å². The van der Waals surface area contributed by atoms with Crippen LogP contribution in [-0.4, -0.2) is 61.5 Å². The zero-order valence-corrected chi connectivity index (χ0v) is 16.4. The fraction of sp³-hybridized carbons (Fsp3) is 0.579. The monoisotopic (exact) mass is 382 g/mol. The number of likely N-dealkylation sites (tertiary alicyclic amines) is 1. The van der Waals surface area contributed by atoms with Crippen molar-refractivity contribution < 1.29 is 28.2 Å². The number of para-hydroxylation sites is 1. The van der Waals surface area contributed by atoms with Gasteiger partial charge >= 0.3 is 6.09 Å². The van der Waals surface area contributed by atoms with Crippen LogP contribution >= 0.6 is 0 Å². The average molecular weight is 382 g/mol. The molecule has 27 heavy (non-hydrogen) atoms. The fourth-order valence-corrected chi connectivity index (χ4v) is 2.85. The van der Waals surface area contributed by atoms with Crippen LogP contribution in [0.25, 0.3) is 0 Å². The van der Waals surface area contributed by atoms with Gasteiger partial charge in [-0.2, -0.15) is 0 Å². The van der Waals surface area contributed by atoms with Crippen molar-refractivity contribution in [2.24, 2.45) is 0 Å². The Morgan fingerprint density at radius 3 is 2.59 bits per heavy atom. The van der Waals surface area contributed by atoms with Gasteiger partial charge in [-0.1, -0.05) is 6.07 Å². The van der Waals surface area contributed by atoms with Crippen LogP contribution in [0.4, 0.5) is 9.18 Å². The lowest BCUT2D eigenvalue weighted by Gasteiger charge is -2.24. The second-order valence-electron chi connectivity index (χ2n) is 7.29. The molecule has 1 aliphatic rings. The molecule has 0 radical (unpaired) electrons. The minimum Gasteiger partial charge on any atom is -0.490 e. The van der Waals surface area contributed by atoms with Gasteiger partial charge in [0.2, 0.25) is 0 Å². The molecular formula is C19H27FN2O5. The van der Waals surface area contributed by atoms with Gasteiger partial charge in [-0.3, -0.25) is 4.79 Å². The van der Waals surface area contributed by atoms with Gasteiger partial charge in [0.05, 0.1) is 30.9 Å². The van der Waals surface area contributed by atoms with E-state index in [9.17, 15) is 14.0 Å². The maximum atomic E-state index is 14.0. The van der Waals surface area contributed by atoms with E-state index in [1.54, 1.807) is 27.7 Å². The Bertz CT molecular complexity index is 689. The number of carbonyl (C=O) groups is 2. The number of ether oxygens (including phenoxy) is 3. The molecule has 1 unspecified atom stereocenters. The highest BCUT2D eigenvalue weighted by Crippen LogP contribution is 2.24. The lowest BCUT2D eigenvalue weighted by atomic mass is 10.1. The van der Waals surface area contributed by atoms with Crippen molar-refractivity contribution in [2.45, 2.75) is 45.4 Å². The second kappa shape index (κ2) is 8.56. The van der Waals surface area contributed by atoms with Crippen molar-refractivity contribution in [3.05, 3.63) is 29.6 Å². The number of benzene rings is 1. The molecule has 0 aromatic heterocycles. The van der Waals surface area contributed by atoms with Gasteiger partial charge in [0.15, 0.2) is 11.6 Å². The number of rotatable bonds is 5. The summed E-state index contributed by atoms with van der Waals surface area (Å²) in [6.45, 7) is 7.83. The van der Waals surface area contributed by atoms with Crippen molar-refractivity contribution in [3.63, 3.8) is 0 Å². The number of halogens is 1. The molecule has 150 valence electrons. The SMILES string of the molecule is CCOc1c(F)cccc1C(=O)NC1CN(C(=O)OC(C)(C)C)C[C@@H]1OC. The smallest absolute Gasteiger partial charge is 0.410 e. The fourth-order valence-electron chi connectivity index (χ4n) is 2.85. The summed E-state index contributed by atoms with van der Waals surface area (Å²) in [5, 5.41) is 2.81. The molecule has 1 fully saturated rings. The molecule has 1 saturated heterocycles. The molecule has 0 spiro atoms. The van der Waals surface area contributed by atoms with Crippen LogP contribution in [0.5, 0.6) is 5.75 Å². The lowest BCUT2D eigenvalue weighted by Crippen LogP contribution is -2.44. The maximum Gasteiger partial charge on any atom is 0.410 e. The summed E-state index contributed by atoms with van der Waals surface area (Å²) in [5.74, 6) is -1.18. The highest BCUT2D eigenvalue weighted by atomic mass is 19.1. The molecule has 2 atom stereocenters. The van der Waals surface area contributed by atoms with E-state index in [4.69, 9.17) is 14.2 Å². The van der Waals surface area contributed by atoms with Gasteiger partial charge in [-0.15, -0.1) is 0 Å². The largest absolute Gasteiger partial charge is 0.490 e. The van der Waals surface area contributed by atoms with E-state index < -0.39 is 35.6 Å². The lowest BCUT2D eigenvalue weighted by molar-refractivity contribution is 0.0252. The minimum atomic E-state index is -0.616. The molecule has 0 aliphatic carbocycles. The standard InChI is InChI=1S/C19H27FN2O5/c1-6-26-16-12(8-7-9-13(16)20)17(23)21-14-10-22(11-15(14)25-5)18(24)27-19(2,3)4/h7-9,14-15H,6,10-11H2,1-5H3,(H,21,23)/t14?,15-/m0/s1. The zero-order chi connectivity index (χ0) is 20.2. The summed E-state index contributed by atoms with van der Waals surface area (Å²) in [4.78, 5) is 26.4. The minimum absolute atomic E-state index is 0.0894. The van der Waals surface area contributed by atoms with Crippen molar-refractivity contribution in [1.29, 1.82) is 0 Å². The van der Waals surface area contributed by atoms with E-state index in [1.165, 1.54) is 30.2 Å². The number of amides is 2. The summed E-state index contributed by atoms with van der Waals surface area (Å²) >= 11 is 0. The Balaban J connectivity index is 2.11. The molecule has 8 heteroatoms. The Kier molecular flexibility index (Phi) is 6.64. The van der Waals surface area contributed by atoms with E-state index in [0.717, 1.165) is 0 Å². The van der Waals surface area contributed by atoms with Gasteiger partial charge < -0.3 is 24.4 Å². The summed E-state index contributed by atoms with van der Waals surface area (Å²) in [5.41, 5.74) is -0.517. The predicted octanol–water partition coefficient (Wildman–Crippen LogP) is 2.59. The van der Waals surface area contributed by atoms with Gasteiger partial charge in [-0.25, -0.2) is 9.18 Å². The van der Waals surface area contributed by atoms with E-state index in [-0.39, 0.29) is 31.0 Å². The molecule has 1 aromatic carbocycles. The number of carbonyl (C=O) groups excluding carboxylic acids is 2. The molecular weight excluding hydrogens is 355 g/mol. The van der Waals surface area contributed by atoms with Gasteiger partial charge in [-0.05, 0) is 39.8 Å². The van der Waals surface area contributed by atoms with Crippen molar-refractivity contribution in [1.82, 2.24) is 10.2 Å². The average Bonchev–Trinajstić information content (AvgIpc) is 2.98. The van der Waals surface area contributed by atoms with Gasteiger partial charge in [0, 0.05) is 13.7 Å². The van der Waals surface area contributed by atoms with Gasteiger partial charge in [0.1, 0.15) is 5.60 Å². The van der Waals surface area contributed by atoms with Gasteiger partial charge in [0.25, 0.3) is 5.91 Å². The molecule has 0 saturated carbocycles. The summed E-state index contributed by atoms with van der Waals surface area (Å²) < 4.78 is 30.0. The molecule has 2 rings (SSSR count). The van der Waals surface area contributed by atoms with E-state index in [2.05, 4.69) is 5.32 Å². The van der Waals surface area contributed by atoms with Crippen LogP contribution < -0.4 is 10.1 Å². The molecule has 2 amide bonds. The Morgan fingerprint density at radius 1 is 1.30 bits per heavy atom. The topological polar surface area (TPSA) is 77.1 Å². The van der Waals surface area contributed by atoms with E-state index in [1.807, 2.05) is 0 Å². The highest BCUT2D eigenvalue weighted by Gasteiger charge is 2.38. The third kappa shape index (κ3) is 5.32. The summed E-state index contributed by atoms with van der Waals surface area (Å²) in [7, 11) is 1.51. The highest BCUT2D eigenvalue weighted by molar-refractivity contribution is 5.97. The molecule has 1 aromatic rings. The third-order valence-electron chi connectivity index (χ3n) is 4.04. The van der Waals surface area contributed by atoms with Crippen LogP contribution in [-0.2, 0) is 9.47 Å². The number of nitrogens with one attached hydrogen (secondary N) is 1. The molecule has 1 N–H and O–H groups in total. The van der Waals surface area contributed by atoms with Crippen LogP contribution in [0.1, 0.15) is 38.1 Å². The van der Waals surface area contributed by atoms with Crippen LogP contribution in [0, 0.1) is 5.82 Å². The summed E-state index contributed by atoms with van der Waals surface area (Å²) in [6, 6.07) is 3.72. The van der Waals surface area contributed by atoms with Crippen LogP contribution in [0.3, 0.4) is 0 Å². The molecule has 1 aliphatic heterocycles. The number of hydrogen-bond acceptors (Lipinski definition) is 5. The van der Waals surface area contributed by atoms with Crippen molar-refractivity contribution in [3.8, 4) is 5.75 Å². The van der Waals surface area contributed by atoms with Crippen LogP contribution in [0.2, 0.25) is 0 Å². The predicted molar refractivity (Wildman–Crippen MR) is 97.4 cm³/mol. The molecule has 7 nitrogen and oxygen atoms in total. The van der Waals surface area contributed by atoms with Crippen molar-refractivity contribution in [2.75, 3.05) is 26.8 Å². The Hall–Kier alpha value is -2.35. The second-order valence-corrected chi connectivity index (χ2v) is 7.29. The molecule has 0 bridgehead atoms. The first-order chi connectivity index (χ1) is 12.7. The normalized spacial score (nSPS) is 19.7. The first-order valence-corrected chi connectivity index (χ1v) is 8.89. The zero-order valence-electron chi connectivity index (χ0n) is 16.4. The van der Waals surface area contributed by atoms with E-state index >= 15 is 0 Å². The first kappa shape index (κ1) is 21.0. The van der Waals surface area contributed by atoms with Crippen molar-refractivity contribution >= 4 is 12.0 Å². The summed E-state index contributed by atoms with van der Waals surface area (Å²) in [6.07, 6.45) is -0.868. The maximum absolute atomic E-state index is 14.0. The third-order valence-corrected chi connectivity index (χ3v) is 4.04. The Labute approximate surface area is 158 Å². The molecule has 1 heterocycles. The Morgan fingerprint density at radius 2 is 2.00 bits per heavy atom. The quantitative estimate of drug-likeness (QED) is 0.847. The number of hydrogen-bond donors (Lipinski definition) is 1.